The van der Waals surface area contributed by atoms with Gasteiger partial charge in [0, 0.05) is 21.9 Å². The number of thioether (sulfide) groups is 1. The highest BCUT2D eigenvalue weighted by atomic mass is 35.5. The summed E-state index contributed by atoms with van der Waals surface area (Å²) in [4.78, 5) is 5.14. The summed E-state index contributed by atoms with van der Waals surface area (Å²) in [6, 6.07) is 11.4. The Bertz CT molecular complexity index is 554. The summed E-state index contributed by atoms with van der Waals surface area (Å²) in [5, 5.41) is 8.04. The first-order valence-electron chi connectivity index (χ1n) is 5.33. The second-order valence-corrected chi connectivity index (χ2v) is 5.13. The van der Waals surface area contributed by atoms with Gasteiger partial charge in [0.2, 0.25) is 0 Å². The first kappa shape index (κ1) is 12.9. The molecule has 0 amide bonds. The Balaban J connectivity index is 2.02. The van der Waals surface area contributed by atoms with Crippen LogP contribution in [0.1, 0.15) is 11.3 Å². The zero-order valence-corrected chi connectivity index (χ0v) is 11.1. The van der Waals surface area contributed by atoms with Crippen molar-refractivity contribution in [2.24, 2.45) is 5.73 Å². The highest BCUT2D eigenvalue weighted by molar-refractivity contribution is 7.98. The van der Waals surface area contributed by atoms with E-state index in [1.165, 1.54) is 0 Å². The third-order valence-corrected chi connectivity index (χ3v) is 3.76. The van der Waals surface area contributed by atoms with Crippen molar-refractivity contribution >= 4 is 29.2 Å². The number of halogens is 1. The number of benzene rings is 1. The van der Waals surface area contributed by atoms with Gasteiger partial charge >= 0.3 is 0 Å². The number of hydrogen-bond acceptors (Lipinski definition) is 3. The third-order valence-electron chi connectivity index (χ3n) is 2.36. The van der Waals surface area contributed by atoms with Gasteiger partial charge < -0.3 is 5.73 Å². The molecule has 1 aromatic heterocycles. The van der Waals surface area contributed by atoms with Gasteiger partial charge in [-0.1, -0.05) is 29.8 Å². The highest BCUT2D eigenvalue weighted by Gasteiger charge is 2.02. The van der Waals surface area contributed by atoms with E-state index in [1.54, 1.807) is 24.0 Å². The SMILES string of the molecule is N=C(N)c1ccc(SCc2ccccc2Cl)cn1. The van der Waals surface area contributed by atoms with E-state index in [1.807, 2.05) is 30.3 Å². The Morgan fingerprint density at radius 1 is 1.28 bits per heavy atom. The van der Waals surface area contributed by atoms with Crippen LogP contribution in [0.15, 0.2) is 47.5 Å². The summed E-state index contributed by atoms with van der Waals surface area (Å²) < 4.78 is 0. The predicted octanol–water partition coefficient (Wildman–Crippen LogP) is 3.31. The Morgan fingerprint density at radius 2 is 2.06 bits per heavy atom. The fourth-order valence-corrected chi connectivity index (χ4v) is 2.55. The number of nitrogens with one attached hydrogen (secondary N) is 1. The van der Waals surface area contributed by atoms with Crippen molar-refractivity contribution < 1.29 is 0 Å². The van der Waals surface area contributed by atoms with E-state index in [0.29, 0.717) is 5.69 Å². The number of rotatable bonds is 4. The van der Waals surface area contributed by atoms with Gasteiger partial charge in [0.05, 0.1) is 0 Å². The standard InChI is InChI=1S/C13H12ClN3S/c14-11-4-2-1-3-9(11)8-18-10-5-6-12(13(15)16)17-7-10/h1-7H,8H2,(H3,15,16). The number of aromatic nitrogens is 1. The molecule has 2 aromatic rings. The smallest absolute Gasteiger partial charge is 0.141 e. The largest absolute Gasteiger partial charge is 0.382 e. The van der Waals surface area contributed by atoms with Crippen LogP contribution in [0, 0.1) is 5.41 Å². The highest BCUT2D eigenvalue weighted by Crippen LogP contribution is 2.25. The molecule has 5 heteroatoms. The van der Waals surface area contributed by atoms with E-state index >= 15 is 0 Å². The monoisotopic (exact) mass is 277 g/mol. The molecule has 0 aliphatic carbocycles. The summed E-state index contributed by atoms with van der Waals surface area (Å²) in [5.41, 5.74) is 6.94. The number of amidine groups is 1. The molecule has 0 fully saturated rings. The fourth-order valence-electron chi connectivity index (χ4n) is 1.40. The molecular formula is C13H12ClN3S. The zero-order chi connectivity index (χ0) is 13.0. The number of nitrogen functional groups attached to an aromatic ring is 1. The van der Waals surface area contributed by atoms with Gasteiger partial charge in [-0.05, 0) is 23.8 Å². The van der Waals surface area contributed by atoms with E-state index in [4.69, 9.17) is 22.7 Å². The third kappa shape index (κ3) is 3.24. The van der Waals surface area contributed by atoms with E-state index in [9.17, 15) is 0 Å². The molecule has 18 heavy (non-hydrogen) atoms. The Kier molecular flexibility index (Phi) is 4.23. The molecule has 3 N–H and O–H groups in total. The van der Waals surface area contributed by atoms with Gasteiger partial charge in [0.15, 0.2) is 0 Å². The molecule has 0 aliphatic heterocycles. The maximum atomic E-state index is 7.26. The van der Waals surface area contributed by atoms with Crippen molar-refractivity contribution in [3.8, 4) is 0 Å². The number of nitrogens with zero attached hydrogens (tertiary/aromatic N) is 1. The molecule has 2 rings (SSSR count). The maximum Gasteiger partial charge on any atom is 0.141 e. The van der Waals surface area contributed by atoms with Crippen molar-refractivity contribution in [3.63, 3.8) is 0 Å². The lowest BCUT2D eigenvalue weighted by molar-refractivity contribution is 1.19. The van der Waals surface area contributed by atoms with Crippen LogP contribution in [-0.2, 0) is 5.75 Å². The second-order valence-electron chi connectivity index (χ2n) is 3.67. The quantitative estimate of drug-likeness (QED) is 0.512. The van der Waals surface area contributed by atoms with Crippen LogP contribution in [-0.4, -0.2) is 10.8 Å². The van der Waals surface area contributed by atoms with E-state index in [0.717, 1.165) is 21.2 Å². The summed E-state index contributed by atoms with van der Waals surface area (Å²) in [6.07, 6.45) is 1.72. The van der Waals surface area contributed by atoms with Gasteiger partial charge in [0.25, 0.3) is 0 Å². The average molecular weight is 278 g/mol. The Labute approximate surface area is 115 Å². The van der Waals surface area contributed by atoms with Crippen LogP contribution in [0.4, 0.5) is 0 Å². The molecule has 3 nitrogen and oxygen atoms in total. The molecule has 1 aromatic carbocycles. The van der Waals surface area contributed by atoms with E-state index < -0.39 is 0 Å². The molecule has 0 saturated heterocycles. The van der Waals surface area contributed by atoms with E-state index in [2.05, 4.69) is 4.98 Å². The number of pyridine rings is 1. The van der Waals surface area contributed by atoms with Crippen LogP contribution < -0.4 is 5.73 Å². The molecular weight excluding hydrogens is 266 g/mol. The summed E-state index contributed by atoms with van der Waals surface area (Å²) in [5.74, 6) is 0.776. The molecule has 0 radical (unpaired) electrons. The van der Waals surface area contributed by atoms with Gasteiger partial charge in [-0.3, -0.25) is 10.4 Å². The normalized spacial score (nSPS) is 10.3. The molecule has 0 unspecified atom stereocenters. The summed E-state index contributed by atoms with van der Waals surface area (Å²) >= 11 is 7.73. The minimum absolute atomic E-state index is 0.0161. The molecule has 0 spiro atoms. The van der Waals surface area contributed by atoms with Crippen molar-refractivity contribution in [1.29, 1.82) is 5.41 Å². The van der Waals surface area contributed by atoms with Gasteiger partial charge in [-0.25, -0.2) is 0 Å². The molecule has 1 heterocycles. The molecule has 0 atom stereocenters. The maximum absolute atomic E-state index is 7.26. The average Bonchev–Trinajstić information content (AvgIpc) is 2.38. The van der Waals surface area contributed by atoms with Crippen LogP contribution in [0.5, 0.6) is 0 Å². The molecule has 92 valence electrons. The summed E-state index contributed by atoms with van der Waals surface area (Å²) in [6.45, 7) is 0. The zero-order valence-electron chi connectivity index (χ0n) is 9.56. The molecule has 0 aliphatic rings. The van der Waals surface area contributed by atoms with Crippen LogP contribution >= 0.6 is 23.4 Å². The topological polar surface area (TPSA) is 62.8 Å². The Hall–Kier alpha value is -1.52. The van der Waals surface area contributed by atoms with Crippen molar-refractivity contribution in [2.45, 2.75) is 10.6 Å². The lowest BCUT2D eigenvalue weighted by atomic mass is 10.2. The summed E-state index contributed by atoms with van der Waals surface area (Å²) in [7, 11) is 0. The molecule has 0 bridgehead atoms. The van der Waals surface area contributed by atoms with Crippen molar-refractivity contribution in [1.82, 2.24) is 4.98 Å². The number of hydrogen-bond donors (Lipinski definition) is 2. The lowest BCUT2D eigenvalue weighted by Crippen LogP contribution is -2.12. The number of nitrogens with two attached hydrogens (primary N) is 1. The molecule has 0 saturated carbocycles. The van der Waals surface area contributed by atoms with Crippen molar-refractivity contribution in [3.05, 3.63) is 58.9 Å². The van der Waals surface area contributed by atoms with Gasteiger partial charge in [-0.2, -0.15) is 0 Å². The first-order chi connectivity index (χ1) is 8.66. The van der Waals surface area contributed by atoms with Crippen LogP contribution in [0.25, 0.3) is 0 Å². The van der Waals surface area contributed by atoms with Crippen molar-refractivity contribution in [2.75, 3.05) is 0 Å². The first-order valence-corrected chi connectivity index (χ1v) is 6.70. The Morgan fingerprint density at radius 3 is 2.67 bits per heavy atom. The van der Waals surface area contributed by atoms with Gasteiger partial charge in [-0.15, -0.1) is 11.8 Å². The van der Waals surface area contributed by atoms with Gasteiger partial charge in [0.1, 0.15) is 11.5 Å². The lowest BCUT2D eigenvalue weighted by Gasteiger charge is -2.04. The van der Waals surface area contributed by atoms with Crippen LogP contribution in [0.2, 0.25) is 5.02 Å². The minimum Gasteiger partial charge on any atom is -0.382 e. The minimum atomic E-state index is -0.0161. The fraction of sp³-hybridized carbons (Fsp3) is 0.0769. The van der Waals surface area contributed by atoms with Crippen LogP contribution in [0.3, 0.4) is 0 Å². The predicted molar refractivity (Wildman–Crippen MR) is 76.3 cm³/mol. The van der Waals surface area contributed by atoms with E-state index in [-0.39, 0.29) is 5.84 Å². The second kappa shape index (κ2) is 5.89.